The van der Waals surface area contributed by atoms with Gasteiger partial charge in [-0.05, 0) is 54.4 Å². The molecule has 0 saturated carbocycles. The van der Waals surface area contributed by atoms with Crippen molar-refractivity contribution in [1.82, 2.24) is 0 Å². The second kappa shape index (κ2) is 11.4. The number of aliphatic hydroxyl groups is 2. The predicted molar refractivity (Wildman–Crippen MR) is 92.7 cm³/mol. The van der Waals surface area contributed by atoms with Crippen LogP contribution in [-0.4, -0.2) is 60.1 Å². The van der Waals surface area contributed by atoms with E-state index in [-0.39, 0.29) is 11.2 Å². The van der Waals surface area contributed by atoms with Gasteiger partial charge in [0.1, 0.15) is 0 Å². The number of aliphatic hydroxyl groups excluding tert-OH is 2. The van der Waals surface area contributed by atoms with Gasteiger partial charge in [-0.3, -0.25) is 0 Å². The number of rotatable bonds is 14. The smallest absolute Gasteiger partial charge is 0.0650 e. The maximum absolute atomic E-state index is 10.0. The van der Waals surface area contributed by atoms with E-state index < -0.39 is 12.2 Å². The number of hydrogen-bond donors (Lipinski definition) is 2. The molecule has 0 bridgehead atoms. The molecule has 0 aromatic carbocycles. The van der Waals surface area contributed by atoms with Crippen LogP contribution in [0.3, 0.4) is 0 Å². The van der Waals surface area contributed by atoms with Crippen LogP contribution in [0.1, 0.15) is 67.2 Å². The Kier molecular flexibility index (Phi) is 11.3. The van der Waals surface area contributed by atoms with Gasteiger partial charge in [0, 0.05) is 39.3 Å². The zero-order valence-corrected chi connectivity index (χ0v) is 15.9. The molecule has 2 atom stereocenters. The van der Waals surface area contributed by atoms with Crippen molar-refractivity contribution in [1.29, 1.82) is 0 Å². The van der Waals surface area contributed by atoms with Crippen molar-refractivity contribution in [3.8, 4) is 0 Å². The summed E-state index contributed by atoms with van der Waals surface area (Å²) in [6.07, 6.45) is 1.48. The molecule has 2 N–H and O–H groups in total. The molecule has 5 heteroatoms. The van der Waals surface area contributed by atoms with Crippen molar-refractivity contribution < 1.29 is 24.4 Å². The van der Waals surface area contributed by atoms with E-state index in [0.717, 1.165) is 0 Å². The van der Waals surface area contributed by atoms with E-state index in [2.05, 4.69) is 0 Å². The molecule has 0 aromatic rings. The third-order valence-corrected chi connectivity index (χ3v) is 3.72. The fourth-order valence-corrected chi connectivity index (χ4v) is 2.78. The molecule has 23 heavy (non-hydrogen) atoms. The molecule has 0 saturated heterocycles. The minimum Gasteiger partial charge on any atom is -0.393 e. The lowest BCUT2D eigenvalue weighted by Crippen LogP contribution is -2.31. The van der Waals surface area contributed by atoms with Crippen molar-refractivity contribution in [3.63, 3.8) is 0 Å². The van der Waals surface area contributed by atoms with Crippen molar-refractivity contribution >= 4 is 0 Å². The summed E-state index contributed by atoms with van der Waals surface area (Å²) in [6.45, 7) is 14.1. The fraction of sp³-hybridized carbons (Fsp3) is 1.00. The SMILES string of the molecule is CCOC(C)(C)CC(O)CCOCCC(O)CC(C)(C)OCC. The van der Waals surface area contributed by atoms with Gasteiger partial charge in [0.15, 0.2) is 0 Å². The van der Waals surface area contributed by atoms with Gasteiger partial charge in [-0.15, -0.1) is 0 Å². The van der Waals surface area contributed by atoms with Crippen LogP contribution in [0.15, 0.2) is 0 Å². The molecule has 140 valence electrons. The first-order chi connectivity index (χ1) is 10.6. The highest BCUT2D eigenvalue weighted by Crippen LogP contribution is 2.19. The lowest BCUT2D eigenvalue weighted by molar-refractivity contribution is -0.0536. The lowest BCUT2D eigenvalue weighted by Gasteiger charge is -2.27. The van der Waals surface area contributed by atoms with Crippen molar-refractivity contribution in [3.05, 3.63) is 0 Å². The Bertz CT molecular complexity index is 263. The van der Waals surface area contributed by atoms with Crippen LogP contribution in [0.5, 0.6) is 0 Å². The Morgan fingerprint density at radius 3 is 1.39 bits per heavy atom. The maximum atomic E-state index is 10.0. The van der Waals surface area contributed by atoms with Crippen LogP contribution in [0.25, 0.3) is 0 Å². The molecule has 0 spiro atoms. The topological polar surface area (TPSA) is 68.2 Å². The van der Waals surface area contributed by atoms with E-state index in [1.807, 2.05) is 41.5 Å². The summed E-state index contributed by atoms with van der Waals surface area (Å²) < 4.78 is 16.7. The molecule has 0 radical (unpaired) electrons. The Balaban J connectivity index is 3.76. The van der Waals surface area contributed by atoms with Crippen LogP contribution < -0.4 is 0 Å². The summed E-state index contributed by atoms with van der Waals surface area (Å²) in [5, 5.41) is 20.0. The average molecular weight is 334 g/mol. The van der Waals surface area contributed by atoms with Gasteiger partial charge in [-0.1, -0.05) is 0 Å². The molecule has 2 unspecified atom stereocenters. The molecule has 0 aromatic heterocycles. The van der Waals surface area contributed by atoms with E-state index in [0.29, 0.717) is 52.1 Å². The summed E-state index contributed by atoms with van der Waals surface area (Å²) >= 11 is 0. The van der Waals surface area contributed by atoms with E-state index in [9.17, 15) is 10.2 Å². The van der Waals surface area contributed by atoms with Crippen LogP contribution in [0.2, 0.25) is 0 Å². The Hall–Kier alpha value is -0.200. The second-order valence-electron chi connectivity index (χ2n) is 7.29. The van der Waals surface area contributed by atoms with Gasteiger partial charge in [0.25, 0.3) is 0 Å². The predicted octanol–water partition coefficient (Wildman–Crippen LogP) is 2.92. The van der Waals surface area contributed by atoms with E-state index in [1.54, 1.807) is 0 Å². The van der Waals surface area contributed by atoms with Gasteiger partial charge in [-0.2, -0.15) is 0 Å². The largest absolute Gasteiger partial charge is 0.393 e. The molecule has 0 rings (SSSR count). The first kappa shape index (κ1) is 22.8. The summed E-state index contributed by atoms with van der Waals surface area (Å²) in [6, 6.07) is 0. The van der Waals surface area contributed by atoms with Crippen LogP contribution in [0, 0.1) is 0 Å². The minimum absolute atomic E-state index is 0.310. The summed E-state index contributed by atoms with van der Waals surface area (Å²) in [5.74, 6) is 0. The van der Waals surface area contributed by atoms with Crippen molar-refractivity contribution in [2.45, 2.75) is 90.6 Å². The van der Waals surface area contributed by atoms with Crippen molar-refractivity contribution in [2.75, 3.05) is 26.4 Å². The lowest BCUT2D eigenvalue weighted by atomic mass is 9.98. The Morgan fingerprint density at radius 1 is 0.739 bits per heavy atom. The molecule has 5 nitrogen and oxygen atoms in total. The van der Waals surface area contributed by atoms with Gasteiger partial charge in [0.05, 0.1) is 23.4 Å². The molecule has 0 fully saturated rings. The van der Waals surface area contributed by atoms with Gasteiger partial charge in [-0.25, -0.2) is 0 Å². The van der Waals surface area contributed by atoms with Crippen LogP contribution in [0.4, 0.5) is 0 Å². The molecular weight excluding hydrogens is 296 g/mol. The summed E-state index contributed by atoms with van der Waals surface area (Å²) in [5.41, 5.74) is -0.621. The van der Waals surface area contributed by atoms with Gasteiger partial charge >= 0.3 is 0 Å². The van der Waals surface area contributed by atoms with Crippen LogP contribution in [-0.2, 0) is 14.2 Å². The zero-order chi connectivity index (χ0) is 17.9. The third kappa shape index (κ3) is 12.8. The van der Waals surface area contributed by atoms with Crippen molar-refractivity contribution in [2.24, 2.45) is 0 Å². The third-order valence-electron chi connectivity index (χ3n) is 3.72. The van der Waals surface area contributed by atoms with E-state index in [1.165, 1.54) is 0 Å². The molecular formula is C18H38O5. The highest BCUT2D eigenvalue weighted by molar-refractivity contribution is 4.74. The summed E-state index contributed by atoms with van der Waals surface area (Å²) in [4.78, 5) is 0. The first-order valence-electron chi connectivity index (χ1n) is 8.83. The number of ether oxygens (including phenoxy) is 3. The number of hydrogen-bond acceptors (Lipinski definition) is 5. The van der Waals surface area contributed by atoms with Gasteiger partial charge < -0.3 is 24.4 Å². The van der Waals surface area contributed by atoms with Crippen LogP contribution >= 0.6 is 0 Å². The zero-order valence-electron chi connectivity index (χ0n) is 15.9. The van der Waals surface area contributed by atoms with E-state index >= 15 is 0 Å². The molecule has 0 aliphatic rings. The molecule has 0 amide bonds. The highest BCUT2D eigenvalue weighted by Gasteiger charge is 2.23. The fourth-order valence-electron chi connectivity index (χ4n) is 2.78. The van der Waals surface area contributed by atoms with E-state index in [4.69, 9.17) is 14.2 Å². The minimum atomic E-state index is -0.432. The summed E-state index contributed by atoms with van der Waals surface area (Å²) in [7, 11) is 0. The first-order valence-corrected chi connectivity index (χ1v) is 8.83. The monoisotopic (exact) mass is 334 g/mol. The molecule has 0 aliphatic carbocycles. The maximum Gasteiger partial charge on any atom is 0.0650 e. The molecule has 0 aliphatic heterocycles. The molecule has 0 heterocycles. The standard InChI is InChI=1S/C18H38O5/c1-7-22-17(3,4)13-15(19)9-11-21-12-10-16(20)14-18(5,6)23-8-2/h15-16,19-20H,7-14H2,1-6H3. The highest BCUT2D eigenvalue weighted by atomic mass is 16.5. The second-order valence-corrected chi connectivity index (χ2v) is 7.29. The Morgan fingerprint density at radius 2 is 1.09 bits per heavy atom. The Labute approximate surface area is 142 Å². The normalized spacial score (nSPS) is 15.7. The van der Waals surface area contributed by atoms with Gasteiger partial charge in [0.2, 0.25) is 0 Å². The quantitative estimate of drug-likeness (QED) is 0.478. The average Bonchev–Trinajstić information content (AvgIpc) is 2.36.